The highest BCUT2D eigenvalue weighted by atomic mass is 35.5. The molecule has 1 N–H and O–H groups in total. The minimum atomic E-state index is -0.0763. The Morgan fingerprint density at radius 1 is 1.50 bits per heavy atom. The van der Waals surface area contributed by atoms with Crippen molar-refractivity contribution in [3.05, 3.63) is 28.8 Å². The Morgan fingerprint density at radius 2 is 2.25 bits per heavy atom. The summed E-state index contributed by atoms with van der Waals surface area (Å²) in [5.74, 6) is 0.737. The van der Waals surface area contributed by atoms with Crippen molar-refractivity contribution in [2.24, 2.45) is 0 Å². The third-order valence-electron chi connectivity index (χ3n) is 4.57. The first-order valence-electron chi connectivity index (χ1n) is 8.49. The second-order valence-corrected chi connectivity index (χ2v) is 7.06. The molecule has 0 radical (unpaired) electrons. The molecule has 1 aliphatic heterocycles. The average Bonchev–Trinajstić information content (AvgIpc) is 3.01. The third-order valence-corrected chi connectivity index (χ3v) is 4.81. The van der Waals surface area contributed by atoms with E-state index in [1.54, 1.807) is 25.1 Å². The van der Waals surface area contributed by atoms with Gasteiger partial charge in [-0.25, -0.2) is 4.79 Å². The molecule has 0 spiro atoms. The normalized spacial score (nSPS) is 18.0. The molecule has 1 saturated heterocycles. The van der Waals surface area contributed by atoms with Gasteiger partial charge in [-0.1, -0.05) is 11.6 Å². The van der Waals surface area contributed by atoms with Crippen molar-refractivity contribution in [3.63, 3.8) is 0 Å². The molecule has 0 aromatic heterocycles. The van der Waals surface area contributed by atoms with Gasteiger partial charge in [0.25, 0.3) is 0 Å². The number of nitrogens with one attached hydrogen (secondary N) is 1. The molecule has 2 rings (SSSR count). The SMILES string of the molecule is COc1ccc(Cl)cc1CN(C)C(=O)NC[C@H]1CCCN1C(C)C. The van der Waals surface area contributed by atoms with E-state index in [9.17, 15) is 4.79 Å². The number of rotatable bonds is 6. The maximum absolute atomic E-state index is 12.4. The Morgan fingerprint density at radius 3 is 2.92 bits per heavy atom. The van der Waals surface area contributed by atoms with Gasteiger partial charge in [0.1, 0.15) is 5.75 Å². The zero-order chi connectivity index (χ0) is 17.7. The van der Waals surface area contributed by atoms with Crippen molar-refractivity contribution in [1.82, 2.24) is 15.1 Å². The number of nitrogens with zero attached hydrogens (tertiary/aromatic N) is 2. The van der Waals surface area contributed by atoms with E-state index in [0.717, 1.165) is 24.3 Å². The summed E-state index contributed by atoms with van der Waals surface area (Å²) in [5, 5.41) is 3.69. The predicted molar refractivity (Wildman–Crippen MR) is 97.7 cm³/mol. The highest BCUT2D eigenvalue weighted by Gasteiger charge is 2.27. The number of carbonyl (C=O) groups excluding carboxylic acids is 1. The number of ether oxygens (including phenoxy) is 1. The van der Waals surface area contributed by atoms with E-state index in [4.69, 9.17) is 16.3 Å². The van der Waals surface area contributed by atoms with Crippen LogP contribution in [0.1, 0.15) is 32.3 Å². The molecule has 1 aliphatic rings. The number of urea groups is 1. The van der Waals surface area contributed by atoms with Crippen LogP contribution in [-0.2, 0) is 6.54 Å². The first kappa shape index (κ1) is 18.9. The number of amides is 2. The van der Waals surface area contributed by atoms with Gasteiger partial charge in [-0.2, -0.15) is 0 Å². The summed E-state index contributed by atoms with van der Waals surface area (Å²) in [6.07, 6.45) is 2.35. The molecule has 1 heterocycles. The quantitative estimate of drug-likeness (QED) is 0.852. The van der Waals surface area contributed by atoms with Crippen LogP contribution in [0.5, 0.6) is 5.75 Å². The van der Waals surface area contributed by atoms with E-state index in [-0.39, 0.29) is 6.03 Å². The molecule has 0 unspecified atom stereocenters. The number of likely N-dealkylation sites (tertiary alicyclic amines) is 1. The number of hydrogen-bond donors (Lipinski definition) is 1. The maximum atomic E-state index is 12.4. The standard InChI is InChI=1S/C18H28ClN3O2/c1-13(2)22-9-5-6-16(22)11-20-18(23)21(3)12-14-10-15(19)7-8-17(14)24-4/h7-8,10,13,16H,5-6,9,11-12H2,1-4H3,(H,20,23)/t16-/m1/s1. The van der Waals surface area contributed by atoms with E-state index >= 15 is 0 Å². The van der Waals surface area contributed by atoms with Gasteiger partial charge in [-0.05, 0) is 51.4 Å². The Labute approximate surface area is 149 Å². The lowest BCUT2D eigenvalue weighted by molar-refractivity contribution is 0.184. The van der Waals surface area contributed by atoms with Crippen LogP contribution in [0.3, 0.4) is 0 Å². The van der Waals surface area contributed by atoms with Crippen molar-refractivity contribution >= 4 is 17.6 Å². The number of benzene rings is 1. The molecular formula is C18H28ClN3O2. The van der Waals surface area contributed by atoms with E-state index < -0.39 is 0 Å². The summed E-state index contributed by atoms with van der Waals surface area (Å²) >= 11 is 6.05. The highest BCUT2D eigenvalue weighted by molar-refractivity contribution is 6.30. The van der Waals surface area contributed by atoms with Crippen LogP contribution < -0.4 is 10.1 Å². The predicted octanol–water partition coefficient (Wildman–Crippen LogP) is 3.36. The topological polar surface area (TPSA) is 44.8 Å². The smallest absolute Gasteiger partial charge is 0.317 e. The zero-order valence-corrected chi connectivity index (χ0v) is 15.8. The summed E-state index contributed by atoms with van der Waals surface area (Å²) in [4.78, 5) is 16.5. The molecular weight excluding hydrogens is 326 g/mol. The number of methoxy groups -OCH3 is 1. The first-order chi connectivity index (χ1) is 11.4. The Kier molecular flexibility index (Phi) is 6.75. The largest absolute Gasteiger partial charge is 0.496 e. The van der Waals surface area contributed by atoms with Crippen LogP contribution in [0.2, 0.25) is 5.02 Å². The molecule has 0 bridgehead atoms. The van der Waals surface area contributed by atoms with Crippen LogP contribution in [0.15, 0.2) is 18.2 Å². The molecule has 0 aliphatic carbocycles. The number of carbonyl (C=O) groups is 1. The Balaban J connectivity index is 1.90. The van der Waals surface area contributed by atoms with E-state index in [1.165, 1.54) is 6.42 Å². The fraction of sp³-hybridized carbons (Fsp3) is 0.611. The summed E-state index contributed by atoms with van der Waals surface area (Å²) < 4.78 is 5.34. The summed E-state index contributed by atoms with van der Waals surface area (Å²) in [6.45, 7) is 6.67. The van der Waals surface area contributed by atoms with Crippen LogP contribution in [0.25, 0.3) is 0 Å². The molecule has 2 amide bonds. The minimum absolute atomic E-state index is 0.0763. The van der Waals surface area contributed by atoms with E-state index in [0.29, 0.717) is 30.2 Å². The van der Waals surface area contributed by atoms with Gasteiger partial charge in [0.2, 0.25) is 0 Å². The van der Waals surface area contributed by atoms with Crippen LogP contribution in [0, 0.1) is 0 Å². The lowest BCUT2D eigenvalue weighted by Crippen LogP contribution is -2.46. The Hall–Kier alpha value is -1.46. The van der Waals surface area contributed by atoms with E-state index in [1.807, 2.05) is 12.1 Å². The molecule has 0 saturated carbocycles. The van der Waals surface area contributed by atoms with Gasteiger partial charge in [-0.15, -0.1) is 0 Å². The first-order valence-corrected chi connectivity index (χ1v) is 8.87. The second kappa shape index (κ2) is 8.58. The summed E-state index contributed by atoms with van der Waals surface area (Å²) in [5.41, 5.74) is 0.896. The van der Waals surface area contributed by atoms with Crippen molar-refractivity contribution in [3.8, 4) is 5.75 Å². The molecule has 1 atom stereocenters. The van der Waals surface area contributed by atoms with Crippen molar-refractivity contribution < 1.29 is 9.53 Å². The van der Waals surface area contributed by atoms with Crippen molar-refractivity contribution in [2.75, 3.05) is 27.2 Å². The van der Waals surface area contributed by atoms with Crippen molar-refractivity contribution in [2.45, 2.75) is 45.3 Å². The van der Waals surface area contributed by atoms with Crippen LogP contribution in [-0.4, -0.2) is 55.2 Å². The van der Waals surface area contributed by atoms with Gasteiger partial charge in [0.05, 0.1) is 13.7 Å². The van der Waals surface area contributed by atoms with Gasteiger partial charge >= 0.3 is 6.03 Å². The number of hydrogen-bond acceptors (Lipinski definition) is 3. The summed E-state index contributed by atoms with van der Waals surface area (Å²) in [6, 6.07) is 6.31. The molecule has 24 heavy (non-hydrogen) atoms. The highest BCUT2D eigenvalue weighted by Crippen LogP contribution is 2.24. The van der Waals surface area contributed by atoms with Gasteiger partial charge in [0.15, 0.2) is 0 Å². The third kappa shape index (κ3) is 4.77. The summed E-state index contributed by atoms with van der Waals surface area (Å²) in [7, 11) is 3.40. The number of halogens is 1. The zero-order valence-electron chi connectivity index (χ0n) is 15.0. The average molecular weight is 354 g/mol. The van der Waals surface area contributed by atoms with Gasteiger partial charge in [0, 0.05) is 36.3 Å². The van der Waals surface area contributed by atoms with Crippen molar-refractivity contribution in [1.29, 1.82) is 0 Å². The fourth-order valence-electron chi connectivity index (χ4n) is 3.30. The van der Waals surface area contributed by atoms with E-state index in [2.05, 4.69) is 24.1 Å². The minimum Gasteiger partial charge on any atom is -0.496 e. The van der Waals surface area contributed by atoms with Crippen LogP contribution in [0.4, 0.5) is 4.79 Å². The maximum Gasteiger partial charge on any atom is 0.317 e. The van der Waals surface area contributed by atoms with Crippen LogP contribution >= 0.6 is 11.6 Å². The molecule has 6 heteroatoms. The molecule has 1 aromatic rings. The lowest BCUT2D eigenvalue weighted by atomic mass is 10.2. The monoisotopic (exact) mass is 353 g/mol. The molecule has 134 valence electrons. The van der Waals surface area contributed by atoms with Gasteiger partial charge < -0.3 is 15.0 Å². The lowest BCUT2D eigenvalue weighted by Gasteiger charge is -2.29. The molecule has 1 aromatic carbocycles. The molecule has 5 nitrogen and oxygen atoms in total. The fourth-order valence-corrected chi connectivity index (χ4v) is 3.49. The second-order valence-electron chi connectivity index (χ2n) is 6.63. The van der Waals surface area contributed by atoms with Gasteiger partial charge in [-0.3, -0.25) is 4.90 Å². The Bertz CT molecular complexity index is 565. The molecule has 1 fully saturated rings.